The lowest BCUT2D eigenvalue weighted by Crippen LogP contribution is -2.36. The van der Waals surface area contributed by atoms with Crippen LogP contribution in [0.3, 0.4) is 0 Å². The van der Waals surface area contributed by atoms with Gasteiger partial charge in [0.2, 0.25) is 5.91 Å². The Morgan fingerprint density at radius 1 is 1.43 bits per heavy atom. The minimum atomic E-state index is -0.225. The number of nitrogens with one attached hydrogen (secondary N) is 1. The molecular formula is C10H17NO2S. The monoisotopic (exact) mass is 215 g/mol. The van der Waals surface area contributed by atoms with E-state index in [1.807, 2.05) is 13.8 Å². The Labute approximate surface area is 89.0 Å². The summed E-state index contributed by atoms with van der Waals surface area (Å²) in [5.74, 6) is 0.403. The van der Waals surface area contributed by atoms with Crippen molar-refractivity contribution in [1.29, 1.82) is 0 Å². The molecule has 1 aliphatic rings. The van der Waals surface area contributed by atoms with Gasteiger partial charge in [-0.25, -0.2) is 0 Å². The third-order valence-corrected chi connectivity index (χ3v) is 3.74. The summed E-state index contributed by atoms with van der Waals surface area (Å²) < 4.78 is 0. The molecular weight excluding hydrogens is 198 g/mol. The van der Waals surface area contributed by atoms with Crippen molar-refractivity contribution < 1.29 is 9.59 Å². The van der Waals surface area contributed by atoms with E-state index in [2.05, 4.69) is 19.2 Å². The summed E-state index contributed by atoms with van der Waals surface area (Å²) in [5.41, 5.74) is -0.116. The molecule has 80 valence electrons. The van der Waals surface area contributed by atoms with Gasteiger partial charge in [-0.2, -0.15) is 0 Å². The Balaban J connectivity index is 2.72. The Bertz CT molecular complexity index is 261. The van der Waals surface area contributed by atoms with Gasteiger partial charge in [0.05, 0.1) is 5.25 Å². The predicted octanol–water partition coefficient (Wildman–Crippen LogP) is 2.41. The highest BCUT2D eigenvalue weighted by Gasteiger charge is 2.42. The van der Waals surface area contributed by atoms with Crippen LogP contribution in [0.5, 0.6) is 0 Å². The molecule has 0 aliphatic carbocycles. The van der Waals surface area contributed by atoms with Gasteiger partial charge in [0.1, 0.15) is 0 Å². The lowest BCUT2D eigenvalue weighted by molar-refractivity contribution is -0.120. The fraction of sp³-hybridized carbons (Fsp3) is 0.800. The zero-order valence-corrected chi connectivity index (χ0v) is 9.90. The van der Waals surface area contributed by atoms with Crippen molar-refractivity contribution in [2.24, 2.45) is 11.3 Å². The molecule has 4 heteroatoms. The molecule has 1 saturated heterocycles. The molecule has 0 bridgehead atoms. The summed E-state index contributed by atoms with van der Waals surface area (Å²) in [5, 5.41) is 1.90. The third kappa shape index (κ3) is 2.50. The van der Waals surface area contributed by atoms with Crippen LogP contribution in [0.25, 0.3) is 0 Å². The second kappa shape index (κ2) is 3.93. The molecule has 0 radical (unpaired) electrons. The molecule has 0 spiro atoms. The molecule has 0 aromatic heterocycles. The summed E-state index contributed by atoms with van der Waals surface area (Å²) in [7, 11) is 0. The molecule has 1 N–H and O–H groups in total. The topological polar surface area (TPSA) is 46.2 Å². The second-order valence-electron chi connectivity index (χ2n) is 4.86. The van der Waals surface area contributed by atoms with Gasteiger partial charge in [0.25, 0.3) is 5.24 Å². The van der Waals surface area contributed by atoms with Gasteiger partial charge in [0.15, 0.2) is 0 Å². The molecule has 0 aromatic carbocycles. The maximum Gasteiger partial charge on any atom is 0.286 e. The van der Waals surface area contributed by atoms with Crippen LogP contribution in [0.15, 0.2) is 0 Å². The van der Waals surface area contributed by atoms with Crippen LogP contribution in [0, 0.1) is 11.3 Å². The number of hydrogen-bond donors (Lipinski definition) is 1. The Hall–Kier alpha value is -0.510. The maximum atomic E-state index is 11.5. The van der Waals surface area contributed by atoms with Crippen molar-refractivity contribution in [1.82, 2.24) is 5.32 Å². The first-order chi connectivity index (χ1) is 6.33. The van der Waals surface area contributed by atoms with Crippen LogP contribution in [0.4, 0.5) is 4.79 Å². The van der Waals surface area contributed by atoms with Crippen molar-refractivity contribution in [2.45, 2.75) is 39.4 Å². The average molecular weight is 215 g/mol. The highest BCUT2D eigenvalue weighted by atomic mass is 32.2. The quantitative estimate of drug-likeness (QED) is 0.786. The van der Waals surface area contributed by atoms with Crippen LogP contribution in [0.1, 0.15) is 34.1 Å². The van der Waals surface area contributed by atoms with E-state index in [0.29, 0.717) is 5.92 Å². The van der Waals surface area contributed by atoms with Crippen LogP contribution < -0.4 is 5.32 Å². The Kier molecular flexibility index (Phi) is 3.24. The van der Waals surface area contributed by atoms with Gasteiger partial charge in [-0.05, 0) is 17.8 Å². The van der Waals surface area contributed by atoms with E-state index in [1.165, 1.54) is 0 Å². The highest BCUT2D eigenvalue weighted by molar-refractivity contribution is 8.15. The van der Waals surface area contributed by atoms with E-state index in [1.54, 1.807) is 0 Å². The molecule has 1 heterocycles. The minimum Gasteiger partial charge on any atom is -0.286 e. The van der Waals surface area contributed by atoms with E-state index < -0.39 is 0 Å². The van der Waals surface area contributed by atoms with E-state index in [0.717, 1.165) is 18.2 Å². The van der Waals surface area contributed by atoms with E-state index in [4.69, 9.17) is 0 Å². The summed E-state index contributed by atoms with van der Waals surface area (Å²) in [4.78, 5) is 22.5. The number of amides is 2. The number of rotatable bonds is 3. The van der Waals surface area contributed by atoms with E-state index in [-0.39, 0.29) is 21.8 Å². The molecule has 2 amide bonds. The molecule has 0 aromatic rings. The van der Waals surface area contributed by atoms with Gasteiger partial charge in [-0.1, -0.05) is 39.5 Å². The lowest BCUT2D eigenvalue weighted by atomic mass is 9.80. The van der Waals surface area contributed by atoms with Crippen molar-refractivity contribution in [3.63, 3.8) is 0 Å². The average Bonchev–Trinajstić information content (AvgIpc) is 2.27. The zero-order valence-electron chi connectivity index (χ0n) is 9.09. The van der Waals surface area contributed by atoms with Gasteiger partial charge in [-0.3, -0.25) is 14.9 Å². The largest absolute Gasteiger partial charge is 0.286 e. The molecule has 14 heavy (non-hydrogen) atoms. The molecule has 1 fully saturated rings. The van der Waals surface area contributed by atoms with Crippen molar-refractivity contribution >= 4 is 22.9 Å². The first-order valence-corrected chi connectivity index (χ1v) is 5.72. The molecule has 0 saturated carbocycles. The third-order valence-electron chi connectivity index (χ3n) is 2.33. The fourth-order valence-corrected chi connectivity index (χ4v) is 2.98. The summed E-state index contributed by atoms with van der Waals surface area (Å²) in [6.07, 6.45) is 0.950. The van der Waals surface area contributed by atoms with Gasteiger partial charge in [-0.15, -0.1) is 0 Å². The van der Waals surface area contributed by atoms with Crippen LogP contribution in [-0.2, 0) is 4.79 Å². The van der Waals surface area contributed by atoms with Crippen LogP contribution in [0.2, 0.25) is 0 Å². The number of carbonyl (C=O) groups is 2. The minimum absolute atomic E-state index is 0.116. The highest BCUT2D eigenvalue weighted by Crippen LogP contribution is 2.39. The van der Waals surface area contributed by atoms with E-state index >= 15 is 0 Å². The lowest BCUT2D eigenvalue weighted by Gasteiger charge is -2.30. The Morgan fingerprint density at radius 2 is 2.00 bits per heavy atom. The van der Waals surface area contributed by atoms with E-state index in [9.17, 15) is 9.59 Å². The first-order valence-electron chi connectivity index (χ1n) is 4.84. The molecule has 1 rings (SSSR count). The number of carbonyl (C=O) groups excluding carboxylic acids is 2. The van der Waals surface area contributed by atoms with Crippen molar-refractivity contribution in [2.75, 3.05) is 0 Å². The zero-order chi connectivity index (χ0) is 10.9. The molecule has 3 nitrogen and oxygen atoms in total. The van der Waals surface area contributed by atoms with Crippen LogP contribution >= 0.6 is 11.8 Å². The summed E-state index contributed by atoms with van der Waals surface area (Å²) >= 11 is 1.12. The molecule has 1 aliphatic heterocycles. The van der Waals surface area contributed by atoms with Crippen molar-refractivity contribution in [3.05, 3.63) is 0 Å². The normalized spacial score (nSPS) is 23.1. The maximum absolute atomic E-state index is 11.5. The first kappa shape index (κ1) is 11.6. The number of hydrogen-bond acceptors (Lipinski definition) is 3. The SMILES string of the molecule is CC(C)CC(C)(C)C1SC(=O)NC1=O. The number of imide groups is 1. The predicted molar refractivity (Wildman–Crippen MR) is 58.2 cm³/mol. The molecule has 1 unspecified atom stereocenters. The standard InChI is InChI=1S/C10H17NO2S/c1-6(2)5-10(3,4)7-8(12)11-9(13)14-7/h6-7H,5H2,1-4H3,(H,11,12,13). The smallest absolute Gasteiger partial charge is 0.286 e. The Morgan fingerprint density at radius 3 is 2.36 bits per heavy atom. The summed E-state index contributed by atoms with van der Waals surface area (Å²) in [6.45, 7) is 8.34. The molecule has 1 atom stereocenters. The van der Waals surface area contributed by atoms with Crippen LogP contribution in [-0.4, -0.2) is 16.4 Å². The van der Waals surface area contributed by atoms with Crippen molar-refractivity contribution in [3.8, 4) is 0 Å². The number of thioether (sulfide) groups is 1. The van der Waals surface area contributed by atoms with Gasteiger partial charge >= 0.3 is 0 Å². The fourth-order valence-electron chi connectivity index (χ4n) is 2.03. The van der Waals surface area contributed by atoms with Gasteiger partial charge < -0.3 is 0 Å². The summed E-state index contributed by atoms with van der Waals surface area (Å²) in [6, 6.07) is 0. The van der Waals surface area contributed by atoms with Gasteiger partial charge in [0, 0.05) is 0 Å². The second-order valence-corrected chi connectivity index (χ2v) is 5.94.